The van der Waals surface area contributed by atoms with Gasteiger partial charge in [0.2, 0.25) is 0 Å². The van der Waals surface area contributed by atoms with E-state index < -0.39 is 0 Å². The molecule has 2 aliphatic rings. The van der Waals surface area contributed by atoms with E-state index >= 15 is 0 Å². The normalized spacial score (nSPS) is 27.7. The van der Waals surface area contributed by atoms with E-state index in [2.05, 4.69) is 24.2 Å². The van der Waals surface area contributed by atoms with E-state index in [1.54, 1.807) is 0 Å². The van der Waals surface area contributed by atoms with Gasteiger partial charge in [-0.25, -0.2) is 0 Å². The third-order valence-electron chi connectivity index (χ3n) is 5.30. The Bertz CT molecular complexity index is 223. The molecular weight excluding hydrogens is 220 g/mol. The van der Waals surface area contributed by atoms with Gasteiger partial charge in [-0.05, 0) is 58.7 Å². The van der Waals surface area contributed by atoms with E-state index in [1.807, 2.05) is 0 Å². The summed E-state index contributed by atoms with van der Waals surface area (Å²) in [5.41, 5.74) is 0.400. The van der Waals surface area contributed by atoms with Gasteiger partial charge in [0.05, 0.1) is 0 Å². The molecule has 1 aliphatic carbocycles. The Kier molecular flexibility index (Phi) is 5.50. The van der Waals surface area contributed by atoms with Gasteiger partial charge in [0.25, 0.3) is 0 Å². The lowest BCUT2D eigenvalue weighted by atomic mass is 9.87. The van der Waals surface area contributed by atoms with Crippen LogP contribution in [0.2, 0.25) is 0 Å². The summed E-state index contributed by atoms with van der Waals surface area (Å²) in [4.78, 5) is 2.73. The lowest BCUT2D eigenvalue weighted by Gasteiger charge is -2.40. The topological polar surface area (TPSA) is 15.3 Å². The van der Waals surface area contributed by atoms with Gasteiger partial charge in [-0.2, -0.15) is 0 Å². The number of nitrogens with one attached hydrogen (secondary N) is 1. The number of nitrogens with zero attached hydrogens (tertiary/aromatic N) is 1. The molecule has 0 spiro atoms. The fourth-order valence-electron chi connectivity index (χ4n) is 3.57. The predicted molar refractivity (Wildman–Crippen MR) is 78.9 cm³/mol. The first-order valence-electron chi connectivity index (χ1n) is 8.13. The zero-order valence-electron chi connectivity index (χ0n) is 12.5. The van der Waals surface area contributed by atoms with Crippen molar-refractivity contribution in [2.45, 2.75) is 70.3 Å². The molecule has 2 rings (SSSR count). The highest BCUT2D eigenvalue weighted by Gasteiger charge is 2.29. The SMILES string of the molecule is CNC1(C)CCN(CC2CCCCCCC2)CC1. The highest BCUT2D eigenvalue weighted by atomic mass is 15.1. The second kappa shape index (κ2) is 6.91. The summed E-state index contributed by atoms with van der Waals surface area (Å²) >= 11 is 0. The Morgan fingerprint density at radius 3 is 2.11 bits per heavy atom. The summed E-state index contributed by atoms with van der Waals surface area (Å²) in [7, 11) is 2.12. The van der Waals surface area contributed by atoms with Crippen molar-refractivity contribution in [2.75, 3.05) is 26.7 Å². The minimum Gasteiger partial charge on any atom is -0.314 e. The Balaban J connectivity index is 1.73. The molecule has 1 aliphatic heterocycles. The molecule has 1 N–H and O–H groups in total. The molecule has 1 saturated carbocycles. The first kappa shape index (κ1) is 14.3. The Labute approximate surface area is 114 Å². The third kappa shape index (κ3) is 4.24. The molecule has 1 heterocycles. The van der Waals surface area contributed by atoms with Crippen molar-refractivity contribution in [3.8, 4) is 0 Å². The third-order valence-corrected chi connectivity index (χ3v) is 5.30. The molecule has 2 nitrogen and oxygen atoms in total. The van der Waals surface area contributed by atoms with Crippen LogP contribution in [-0.2, 0) is 0 Å². The molecule has 0 aromatic carbocycles. The van der Waals surface area contributed by atoms with Crippen LogP contribution in [0.25, 0.3) is 0 Å². The minimum atomic E-state index is 0.400. The minimum absolute atomic E-state index is 0.400. The summed E-state index contributed by atoms with van der Waals surface area (Å²) < 4.78 is 0. The molecule has 0 amide bonds. The number of hydrogen-bond acceptors (Lipinski definition) is 2. The van der Waals surface area contributed by atoms with Gasteiger partial charge in [-0.1, -0.05) is 32.1 Å². The number of rotatable bonds is 3. The molecule has 0 aromatic rings. The van der Waals surface area contributed by atoms with E-state index in [-0.39, 0.29) is 0 Å². The second-order valence-corrected chi connectivity index (χ2v) is 6.82. The standard InChI is InChI=1S/C16H32N2/c1-16(17-2)10-12-18(13-11-16)14-15-8-6-4-3-5-7-9-15/h15,17H,3-14H2,1-2H3. The number of hydrogen-bond donors (Lipinski definition) is 1. The monoisotopic (exact) mass is 252 g/mol. The van der Waals surface area contributed by atoms with Crippen LogP contribution >= 0.6 is 0 Å². The molecule has 0 atom stereocenters. The van der Waals surface area contributed by atoms with Gasteiger partial charge >= 0.3 is 0 Å². The summed E-state index contributed by atoms with van der Waals surface area (Å²) in [5.74, 6) is 0.990. The summed E-state index contributed by atoms with van der Waals surface area (Å²) in [5, 5.41) is 3.50. The van der Waals surface area contributed by atoms with Crippen molar-refractivity contribution >= 4 is 0 Å². The van der Waals surface area contributed by atoms with Crippen LogP contribution in [0.1, 0.15) is 64.7 Å². The van der Waals surface area contributed by atoms with Gasteiger partial charge in [0.15, 0.2) is 0 Å². The zero-order chi connectivity index (χ0) is 12.8. The summed E-state index contributed by atoms with van der Waals surface area (Å²) in [6.45, 7) is 6.35. The fourth-order valence-corrected chi connectivity index (χ4v) is 3.57. The maximum Gasteiger partial charge on any atom is 0.0174 e. The van der Waals surface area contributed by atoms with Gasteiger partial charge in [0.1, 0.15) is 0 Å². The smallest absolute Gasteiger partial charge is 0.0174 e. The highest BCUT2D eigenvalue weighted by Crippen LogP contribution is 2.26. The van der Waals surface area contributed by atoms with E-state index in [1.165, 1.54) is 77.4 Å². The molecule has 18 heavy (non-hydrogen) atoms. The summed E-state index contributed by atoms with van der Waals surface area (Å²) in [6.07, 6.45) is 13.0. The molecule has 0 bridgehead atoms. The molecule has 1 saturated heterocycles. The van der Waals surface area contributed by atoms with Crippen LogP contribution in [0.5, 0.6) is 0 Å². The van der Waals surface area contributed by atoms with Crippen molar-refractivity contribution in [3.05, 3.63) is 0 Å². The van der Waals surface area contributed by atoms with Crippen LogP contribution in [0.3, 0.4) is 0 Å². The lowest BCUT2D eigenvalue weighted by Crippen LogP contribution is -2.50. The predicted octanol–water partition coefficient (Wildman–Crippen LogP) is 3.42. The van der Waals surface area contributed by atoms with Crippen LogP contribution in [0.4, 0.5) is 0 Å². The molecule has 2 heteroatoms. The first-order chi connectivity index (χ1) is 8.72. The van der Waals surface area contributed by atoms with Crippen LogP contribution in [-0.4, -0.2) is 37.1 Å². The van der Waals surface area contributed by atoms with Gasteiger partial charge in [0, 0.05) is 12.1 Å². The van der Waals surface area contributed by atoms with E-state index in [0.717, 1.165) is 5.92 Å². The largest absolute Gasteiger partial charge is 0.314 e. The second-order valence-electron chi connectivity index (χ2n) is 6.82. The van der Waals surface area contributed by atoms with Crippen molar-refractivity contribution in [2.24, 2.45) is 5.92 Å². The molecule has 0 aromatic heterocycles. The maximum absolute atomic E-state index is 3.50. The fraction of sp³-hybridized carbons (Fsp3) is 1.00. The quantitative estimate of drug-likeness (QED) is 0.828. The number of piperidine rings is 1. The van der Waals surface area contributed by atoms with Gasteiger partial charge < -0.3 is 10.2 Å². The van der Waals surface area contributed by atoms with Crippen molar-refractivity contribution in [1.82, 2.24) is 10.2 Å². The van der Waals surface area contributed by atoms with E-state index in [4.69, 9.17) is 0 Å². The molecule has 106 valence electrons. The zero-order valence-corrected chi connectivity index (χ0v) is 12.5. The Morgan fingerprint density at radius 1 is 1.00 bits per heavy atom. The Hall–Kier alpha value is -0.0800. The van der Waals surface area contributed by atoms with E-state index in [0.29, 0.717) is 5.54 Å². The summed E-state index contributed by atoms with van der Waals surface area (Å²) in [6, 6.07) is 0. The van der Waals surface area contributed by atoms with Crippen LogP contribution in [0.15, 0.2) is 0 Å². The highest BCUT2D eigenvalue weighted by molar-refractivity contribution is 4.88. The molecule has 2 fully saturated rings. The first-order valence-corrected chi connectivity index (χ1v) is 8.13. The lowest BCUT2D eigenvalue weighted by molar-refractivity contribution is 0.127. The van der Waals surface area contributed by atoms with Crippen LogP contribution < -0.4 is 5.32 Å². The van der Waals surface area contributed by atoms with Crippen molar-refractivity contribution < 1.29 is 0 Å². The van der Waals surface area contributed by atoms with Crippen molar-refractivity contribution in [1.29, 1.82) is 0 Å². The van der Waals surface area contributed by atoms with Gasteiger partial charge in [-0.15, -0.1) is 0 Å². The molecular formula is C16H32N2. The van der Waals surface area contributed by atoms with Crippen LogP contribution in [0, 0.1) is 5.92 Å². The average Bonchev–Trinajstić information content (AvgIpc) is 2.35. The molecule has 0 radical (unpaired) electrons. The maximum atomic E-state index is 3.50. The number of likely N-dealkylation sites (tertiary alicyclic amines) is 1. The average molecular weight is 252 g/mol. The van der Waals surface area contributed by atoms with Crippen molar-refractivity contribution in [3.63, 3.8) is 0 Å². The van der Waals surface area contributed by atoms with E-state index in [9.17, 15) is 0 Å². The molecule has 0 unspecified atom stereocenters. The van der Waals surface area contributed by atoms with Gasteiger partial charge in [-0.3, -0.25) is 0 Å². The Morgan fingerprint density at radius 2 is 1.56 bits per heavy atom.